The van der Waals surface area contributed by atoms with Crippen LogP contribution in [-0.4, -0.2) is 41.3 Å². The summed E-state index contributed by atoms with van der Waals surface area (Å²) in [5.74, 6) is -1.03. The predicted molar refractivity (Wildman–Crippen MR) is 55.6 cm³/mol. The van der Waals surface area contributed by atoms with Gasteiger partial charge in [-0.25, -0.2) is 9.59 Å². The number of carbonyl (C=O) groups is 2. The van der Waals surface area contributed by atoms with E-state index >= 15 is 0 Å². The Morgan fingerprint density at radius 1 is 1.40 bits per heavy atom. The van der Waals surface area contributed by atoms with Crippen molar-refractivity contribution in [3.8, 4) is 0 Å². The zero-order valence-electron chi connectivity index (χ0n) is 9.48. The van der Waals surface area contributed by atoms with Crippen LogP contribution >= 0.6 is 0 Å². The van der Waals surface area contributed by atoms with Gasteiger partial charge in [-0.2, -0.15) is 0 Å². The largest absolute Gasteiger partial charge is 0.478 e. The quantitative estimate of drug-likeness (QED) is 0.724. The van der Waals surface area contributed by atoms with Gasteiger partial charge in [0.25, 0.3) is 0 Å². The molecule has 0 unspecified atom stereocenters. The van der Waals surface area contributed by atoms with Crippen molar-refractivity contribution in [1.82, 2.24) is 4.90 Å². The molecule has 0 aromatic carbocycles. The van der Waals surface area contributed by atoms with E-state index in [0.29, 0.717) is 0 Å². The number of carboxylic acid groups (broad SMARTS) is 1. The van der Waals surface area contributed by atoms with Gasteiger partial charge >= 0.3 is 12.1 Å². The summed E-state index contributed by atoms with van der Waals surface area (Å²) in [6.45, 7) is 5.52. The van der Waals surface area contributed by atoms with Crippen molar-refractivity contribution >= 4 is 12.1 Å². The van der Waals surface area contributed by atoms with Crippen LogP contribution < -0.4 is 0 Å². The van der Waals surface area contributed by atoms with Crippen LogP contribution in [0.3, 0.4) is 0 Å². The number of likely N-dealkylation sites (N-methyl/N-ethyl adjacent to an activating group) is 1. The van der Waals surface area contributed by atoms with Crippen molar-refractivity contribution in [1.29, 1.82) is 0 Å². The number of ether oxygens (including phenoxy) is 1. The fraction of sp³-hybridized carbons (Fsp3) is 0.600. The third-order valence-corrected chi connectivity index (χ3v) is 1.34. The van der Waals surface area contributed by atoms with E-state index < -0.39 is 17.7 Å². The molecule has 0 radical (unpaired) electrons. The molecule has 0 aliphatic heterocycles. The first-order chi connectivity index (χ1) is 6.72. The van der Waals surface area contributed by atoms with Crippen LogP contribution in [0.5, 0.6) is 0 Å². The van der Waals surface area contributed by atoms with Gasteiger partial charge < -0.3 is 14.7 Å². The molecule has 0 aliphatic carbocycles. The molecule has 5 nitrogen and oxygen atoms in total. The lowest BCUT2D eigenvalue weighted by atomic mass is 10.2. The Kier molecular flexibility index (Phi) is 4.84. The van der Waals surface area contributed by atoms with Gasteiger partial charge in [0.15, 0.2) is 0 Å². The maximum Gasteiger partial charge on any atom is 0.410 e. The Morgan fingerprint density at radius 2 is 1.93 bits per heavy atom. The van der Waals surface area contributed by atoms with E-state index in [4.69, 9.17) is 9.84 Å². The highest BCUT2D eigenvalue weighted by atomic mass is 16.6. The van der Waals surface area contributed by atoms with E-state index in [1.807, 2.05) is 0 Å². The normalized spacial score (nSPS) is 11.5. The van der Waals surface area contributed by atoms with Gasteiger partial charge in [0.05, 0.1) is 0 Å². The molecule has 0 bridgehead atoms. The Labute approximate surface area is 89.3 Å². The van der Waals surface area contributed by atoms with Crippen LogP contribution in [0.1, 0.15) is 20.8 Å². The molecule has 0 atom stereocenters. The highest BCUT2D eigenvalue weighted by Crippen LogP contribution is 2.08. The molecule has 1 amide bonds. The summed E-state index contributed by atoms with van der Waals surface area (Å²) in [5.41, 5.74) is -0.540. The van der Waals surface area contributed by atoms with E-state index in [1.165, 1.54) is 11.0 Å². The summed E-state index contributed by atoms with van der Waals surface area (Å²) in [6, 6.07) is 0. The Balaban J connectivity index is 4.06. The first kappa shape index (κ1) is 13.5. The maximum absolute atomic E-state index is 11.4. The third-order valence-electron chi connectivity index (χ3n) is 1.34. The fourth-order valence-electron chi connectivity index (χ4n) is 0.726. The smallest absolute Gasteiger partial charge is 0.410 e. The number of hydrogen-bond acceptors (Lipinski definition) is 3. The van der Waals surface area contributed by atoms with Crippen LogP contribution in [0.2, 0.25) is 0 Å². The minimum absolute atomic E-state index is 0.210. The Morgan fingerprint density at radius 3 is 2.33 bits per heavy atom. The molecule has 5 heteroatoms. The van der Waals surface area contributed by atoms with Crippen molar-refractivity contribution in [2.24, 2.45) is 0 Å². The highest BCUT2D eigenvalue weighted by molar-refractivity contribution is 5.79. The van der Waals surface area contributed by atoms with Gasteiger partial charge in [-0.15, -0.1) is 0 Å². The molecule has 15 heavy (non-hydrogen) atoms. The second kappa shape index (κ2) is 5.38. The van der Waals surface area contributed by atoms with Crippen LogP contribution in [0.4, 0.5) is 4.79 Å². The van der Waals surface area contributed by atoms with Crippen molar-refractivity contribution in [3.05, 3.63) is 12.2 Å². The second-order valence-corrected chi connectivity index (χ2v) is 4.10. The number of nitrogens with zero attached hydrogens (tertiary/aromatic N) is 1. The molecule has 86 valence electrons. The average molecular weight is 215 g/mol. The monoisotopic (exact) mass is 215 g/mol. The molecule has 0 aromatic heterocycles. The lowest BCUT2D eigenvalue weighted by Gasteiger charge is -2.23. The third kappa shape index (κ3) is 7.54. The number of carbonyl (C=O) groups excluding carboxylic acids is 1. The van der Waals surface area contributed by atoms with Crippen LogP contribution in [0.15, 0.2) is 12.2 Å². The van der Waals surface area contributed by atoms with E-state index in [-0.39, 0.29) is 6.54 Å². The highest BCUT2D eigenvalue weighted by Gasteiger charge is 2.18. The van der Waals surface area contributed by atoms with Crippen molar-refractivity contribution in [2.45, 2.75) is 26.4 Å². The van der Waals surface area contributed by atoms with Gasteiger partial charge in [-0.1, -0.05) is 6.08 Å². The summed E-state index contributed by atoms with van der Waals surface area (Å²) in [5, 5.41) is 8.33. The molecule has 0 heterocycles. The summed E-state index contributed by atoms with van der Waals surface area (Å²) in [6.07, 6.45) is 1.89. The summed E-state index contributed by atoms with van der Waals surface area (Å²) in [4.78, 5) is 22.8. The van der Waals surface area contributed by atoms with E-state index in [1.54, 1.807) is 27.8 Å². The molecule has 0 aromatic rings. The minimum Gasteiger partial charge on any atom is -0.478 e. The molecule has 0 saturated carbocycles. The molecular weight excluding hydrogens is 198 g/mol. The minimum atomic E-state index is -1.03. The van der Waals surface area contributed by atoms with Gasteiger partial charge in [-0.05, 0) is 20.8 Å². The Hall–Kier alpha value is -1.52. The van der Waals surface area contributed by atoms with E-state index in [9.17, 15) is 9.59 Å². The number of rotatable bonds is 3. The van der Waals surface area contributed by atoms with Gasteiger partial charge in [0, 0.05) is 19.7 Å². The number of aliphatic carboxylic acids is 1. The number of carboxylic acids is 1. The molecule has 0 fully saturated rings. The van der Waals surface area contributed by atoms with Crippen molar-refractivity contribution < 1.29 is 19.4 Å². The number of amides is 1. The molecule has 1 N–H and O–H groups in total. The SMILES string of the molecule is CN(C/C=C\C(=O)O)C(=O)OC(C)(C)C. The van der Waals surface area contributed by atoms with E-state index in [0.717, 1.165) is 6.08 Å². The van der Waals surface area contributed by atoms with Crippen molar-refractivity contribution in [3.63, 3.8) is 0 Å². The standard InChI is InChI=1S/C10H17NO4/c1-10(2,3)15-9(14)11(4)7-5-6-8(12)13/h5-6H,7H2,1-4H3,(H,12,13)/b6-5-. The van der Waals surface area contributed by atoms with Crippen LogP contribution in [0, 0.1) is 0 Å². The fourth-order valence-corrected chi connectivity index (χ4v) is 0.726. The van der Waals surface area contributed by atoms with Gasteiger partial charge in [0.2, 0.25) is 0 Å². The molecule has 0 spiro atoms. The molecule has 0 aliphatic rings. The van der Waals surface area contributed by atoms with E-state index in [2.05, 4.69) is 0 Å². The zero-order valence-corrected chi connectivity index (χ0v) is 9.48. The van der Waals surface area contributed by atoms with Gasteiger partial charge in [0.1, 0.15) is 5.60 Å². The average Bonchev–Trinajstić information content (AvgIpc) is 1.99. The van der Waals surface area contributed by atoms with Crippen molar-refractivity contribution in [2.75, 3.05) is 13.6 Å². The summed E-state index contributed by atoms with van der Waals surface area (Å²) < 4.78 is 5.06. The maximum atomic E-state index is 11.4. The molecular formula is C10H17NO4. The van der Waals surface area contributed by atoms with Crippen LogP contribution in [-0.2, 0) is 9.53 Å². The lowest BCUT2D eigenvalue weighted by Crippen LogP contribution is -2.34. The van der Waals surface area contributed by atoms with Gasteiger partial charge in [-0.3, -0.25) is 0 Å². The zero-order chi connectivity index (χ0) is 12.1. The topological polar surface area (TPSA) is 66.8 Å². The second-order valence-electron chi connectivity index (χ2n) is 4.10. The molecule has 0 saturated heterocycles. The predicted octanol–water partition coefficient (Wildman–Crippen LogP) is 1.49. The Bertz CT molecular complexity index is 265. The summed E-state index contributed by atoms with van der Waals surface area (Å²) >= 11 is 0. The lowest BCUT2D eigenvalue weighted by molar-refractivity contribution is -0.131. The number of hydrogen-bond donors (Lipinski definition) is 1. The first-order valence-electron chi connectivity index (χ1n) is 4.56. The molecule has 0 rings (SSSR count). The summed E-state index contributed by atoms with van der Waals surface area (Å²) in [7, 11) is 1.54. The van der Waals surface area contributed by atoms with Crippen LogP contribution in [0.25, 0.3) is 0 Å². The first-order valence-corrected chi connectivity index (χ1v) is 4.56.